The molecule has 0 spiro atoms. The summed E-state index contributed by atoms with van der Waals surface area (Å²) in [5.41, 5.74) is 0. The summed E-state index contributed by atoms with van der Waals surface area (Å²) in [5, 5.41) is 9.26. The Morgan fingerprint density at radius 2 is 2.36 bits per heavy atom. The van der Waals surface area contributed by atoms with Crippen molar-refractivity contribution in [2.45, 2.75) is 6.54 Å². The number of hydrogen-bond acceptors (Lipinski definition) is 4. The smallest absolute Gasteiger partial charge is 0.214 e. The number of aromatic nitrogens is 4. The van der Waals surface area contributed by atoms with Crippen molar-refractivity contribution < 1.29 is 4.39 Å². The highest BCUT2D eigenvalue weighted by atomic mass is 19.1. The van der Waals surface area contributed by atoms with E-state index < -0.39 is 5.95 Å². The lowest BCUT2D eigenvalue weighted by molar-refractivity contribution is 0.585. The molecule has 2 aromatic rings. The molecule has 0 aliphatic rings. The number of hydrogen-bond donors (Lipinski definition) is 2. The molecule has 5 nitrogen and oxygen atoms in total. The van der Waals surface area contributed by atoms with Gasteiger partial charge in [-0.25, -0.2) is 9.97 Å². The summed E-state index contributed by atoms with van der Waals surface area (Å²) in [4.78, 5) is 7.54. The van der Waals surface area contributed by atoms with Crippen LogP contribution in [0.3, 0.4) is 0 Å². The SMILES string of the molecule is Fc1cccc(NCc2ncn[nH]2)n1. The first kappa shape index (κ1) is 8.61. The van der Waals surface area contributed by atoms with Gasteiger partial charge in [-0.1, -0.05) is 6.07 Å². The highest BCUT2D eigenvalue weighted by Crippen LogP contribution is 2.04. The lowest BCUT2D eigenvalue weighted by atomic mass is 10.4. The topological polar surface area (TPSA) is 66.5 Å². The molecule has 0 atom stereocenters. The Morgan fingerprint density at radius 1 is 1.43 bits per heavy atom. The minimum Gasteiger partial charge on any atom is -0.363 e. The maximum absolute atomic E-state index is 12.6. The van der Waals surface area contributed by atoms with E-state index in [0.29, 0.717) is 18.2 Å². The van der Waals surface area contributed by atoms with E-state index >= 15 is 0 Å². The van der Waals surface area contributed by atoms with Crippen LogP contribution in [0.4, 0.5) is 10.2 Å². The summed E-state index contributed by atoms with van der Waals surface area (Å²) >= 11 is 0. The van der Waals surface area contributed by atoms with E-state index in [0.717, 1.165) is 0 Å². The third kappa shape index (κ3) is 2.03. The summed E-state index contributed by atoms with van der Waals surface area (Å²) in [6.07, 6.45) is 1.41. The van der Waals surface area contributed by atoms with Crippen molar-refractivity contribution in [1.82, 2.24) is 20.2 Å². The van der Waals surface area contributed by atoms with Gasteiger partial charge in [-0.15, -0.1) is 0 Å². The van der Waals surface area contributed by atoms with Crippen LogP contribution in [0.1, 0.15) is 5.82 Å². The summed E-state index contributed by atoms with van der Waals surface area (Å²) < 4.78 is 12.6. The van der Waals surface area contributed by atoms with Gasteiger partial charge in [0.1, 0.15) is 18.0 Å². The van der Waals surface area contributed by atoms with Gasteiger partial charge in [0.25, 0.3) is 0 Å². The van der Waals surface area contributed by atoms with Crippen LogP contribution in [0.5, 0.6) is 0 Å². The highest BCUT2D eigenvalue weighted by molar-refractivity contribution is 5.33. The van der Waals surface area contributed by atoms with Crippen LogP contribution in [0.2, 0.25) is 0 Å². The summed E-state index contributed by atoms with van der Waals surface area (Å²) in [6, 6.07) is 4.56. The molecule has 0 aliphatic heterocycles. The van der Waals surface area contributed by atoms with Gasteiger partial charge in [-0.05, 0) is 12.1 Å². The highest BCUT2D eigenvalue weighted by Gasteiger charge is 1.97. The molecule has 0 saturated heterocycles. The predicted octanol–water partition coefficient (Wildman–Crippen LogP) is 0.951. The van der Waals surface area contributed by atoms with Crippen LogP contribution in [-0.4, -0.2) is 20.2 Å². The van der Waals surface area contributed by atoms with Gasteiger partial charge in [-0.3, -0.25) is 5.10 Å². The van der Waals surface area contributed by atoms with Crippen LogP contribution in [0.25, 0.3) is 0 Å². The molecule has 0 aliphatic carbocycles. The van der Waals surface area contributed by atoms with Crippen molar-refractivity contribution >= 4 is 5.82 Å². The number of anilines is 1. The molecular weight excluding hydrogens is 185 g/mol. The van der Waals surface area contributed by atoms with E-state index in [4.69, 9.17) is 0 Å². The van der Waals surface area contributed by atoms with Gasteiger partial charge < -0.3 is 5.32 Å². The van der Waals surface area contributed by atoms with Gasteiger partial charge >= 0.3 is 0 Å². The van der Waals surface area contributed by atoms with E-state index in [1.54, 1.807) is 12.1 Å². The van der Waals surface area contributed by atoms with E-state index in [-0.39, 0.29) is 0 Å². The van der Waals surface area contributed by atoms with Gasteiger partial charge in [-0.2, -0.15) is 9.49 Å². The second-order valence-corrected chi connectivity index (χ2v) is 2.63. The normalized spacial score (nSPS) is 10.1. The van der Waals surface area contributed by atoms with Crippen molar-refractivity contribution in [3.05, 3.63) is 36.3 Å². The number of halogens is 1. The monoisotopic (exact) mass is 193 g/mol. The van der Waals surface area contributed by atoms with Crippen LogP contribution < -0.4 is 5.32 Å². The fraction of sp³-hybridized carbons (Fsp3) is 0.125. The Kier molecular flexibility index (Phi) is 2.35. The largest absolute Gasteiger partial charge is 0.363 e. The molecular formula is C8H8FN5. The minimum absolute atomic E-state index is 0.441. The van der Waals surface area contributed by atoms with Crippen molar-refractivity contribution in [3.8, 4) is 0 Å². The molecule has 2 N–H and O–H groups in total. The molecule has 0 saturated carbocycles. The second-order valence-electron chi connectivity index (χ2n) is 2.63. The molecule has 72 valence electrons. The zero-order chi connectivity index (χ0) is 9.80. The van der Waals surface area contributed by atoms with Gasteiger partial charge in [0.15, 0.2) is 0 Å². The molecule has 14 heavy (non-hydrogen) atoms. The molecule has 2 aromatic heterocycles. The first-order valence-electron chi connectivity index (χ1n) is 4.05. The van der Waals surface area contributed by atoms with Crippen LogP contribution >= 0.6 is 0 Å². The van der Waals surface area contributed by atoms with E-state index in [1.807, 2.05) is 0 Å². The molecule has 0 aromatic carbocycles. The number of aromatic amines is 1. The molecule has 0 amide bonds. The van der Waals surface area contributed by atoms with Gasteiger partial charge in [0.2, 0.25) is 5.95 Å². The van der Waals surface area contributed by atoms with Crippen molar-refractivity contribution in [1.29, 1.82) is 0 Å². The first-order valence-corrected chi connectivity index (χ1v) is 4.05. The molecule has 0 fully saturated rings. The number of nitrogens with one attached hydrogen (secondary N) is 2. The minimum atomic E-state index is -0.507. The Balaban J connectivity index is 1.98. The van der Waals surface area contributed by atoms with Crippen molar-refractivity contribution in [3.63, 3.8) is 0 Å². The fourth-order valence-electron chi connectivity index (χ4n) is 0.997. The number of pyridine rings is 1. The fourth-order valence-corrected chi connectivity index (χ4v) is 0.997. The number of rotatable bonds is 3. The summed E-state index contributed by atoms with van der Waals surface area (Å²) in [7, 11) is 0. The van der Waals surface area contributed by atoms with Crippen molar-refractivity contribution in [2.24, 2.45) is 0 Å². The average molecular weight is 193 g/mol. The lowest BCUT2D eigenvalue weighted by Gasteiger charge is -2.01. The van der Waals surface area contributed by atoms with E-state index in [9.17, 15) is 4.39 Å². The molecule has 2 rings (SSSR count). The maximum atomic E-state index is 12.6. The molecule has 6 heteroatoms. The van der Waals surface area contributed by atoms with Crippen molar-refractivity contribution in [2.75, 3.05) is 5.32 Å². The Morgan fingerprint density at radius 3 is 3.07 bits per heavy atom. The zero-order valence-electron chi connectivity index (χ0n) is 7.24. The number of H-pyrrole nitrogens is 1. The van der Waals surface area contributed by atoms with Gasteiger partial charge in [0, 0.05) is 0 Å². The maximum Gasteiger partial charge on any atom is 0.214 e. The Labute approximate surface area is 79.4 Å². The molecule has 0 radical (unpaired) electrons. The van der Waals surface area contributed by atoms with Crippen LogP contribution in [-0.2, 0) is 6.54 Å². The standard InChI is InChI=1S/C8H8FN5/c9-6-2-1-3-7(13-6)10-4-8-11-5-12-14-8/h1-3,5H,4H2,(H,10,13)(H,11,12,14). The molecule has 2 heterocycles. The quantitative estimate of drug-likeness (QED) is 0.712. The summed E-state index contributed by atoms with van der Waals surface area (Å²) in [5.74, 6) is 0.644. The molecule has 0 bridgehead atoms. The molecule has 0 unspecified atom stereocenters. The summed E-state index contributed by atoms with van der Waals surface area (Å²) in [6.45, 7) is 0.441. The average Bonchev–Trinajstić information content (AvgIpc) is 2.67. The third-order valence-electron chi connectivity index (χ3n) is 1.62. The predicted molar refractivity (Wildman–Crippen MR) is 47.9 cm³/mol. The van der Waals surface area contributed by atoms with Crippen LogP contribution in [0.15, 0.2) is 24.5 Å². The third-order valence-corrected chi connectivity index (χ3v) is 1.62. The Bertz CT molecular complexity index is 400. The van der Waals surface area contributed by atoms with Crippen LogP contribution in [0, 0.1) is 5.95 Å². The lowest BCUT2D eigenvalue weighted by Crippen LogP contribution is -2.03. The Hall–Kier alpha value is -1.98. The van der Waals surface area contributed by atoms with E-state index in [1.165, 1.54) is 12.4 Å². The second kappa shape index (κ2) is 3.82. The first-order chi connectivity index (χ1) is 6.84. The van der Waals surface area contributed by atoms with E-state index in [2.05, 4.69) is 25.5 Å². The number of nitrogens with zero attached hydrogens (tertiary/aromatic N) is 3. The zero-order valence-corrected chi connectivity index (χ0v) is 7.24. The van der Waals surface area contributed by atoms with Gasteiger partial charge in [0.05, 0.1) is 6.54 Å².